The number of nitrogens with zero attached hydrogens (tertiary/aromatic N) is 4. The maximum Gasteiger partial charge on any atom is 0.257 e. The Labute approximate surface area is 173 Å². The Hall–Kier alpha value is -2.69. The number of aromatic nitrogens is 3. The van der Waals surface area contributed by atoms with Crippen LogP contribution in [0.5, 0.6) is 0 Å². The van der Waals surface area contributed by atoms with Crippen LogP contribution in [-0.2, 0) is 27.6 Å². The predicted octanol–water partition coefficient (Wildman–Crippen LogP) is 2.14. The van der Waals surface area contributed by atoms with E-state index < -0.39 is 16.1 Å². The smallest absolute Gasteiger partial charge is 0.257 e. The Morgan fingerprint density at radius 2 is 1.97 bits per heavy atom. The first-order chi connectivity index (χ1) is 14.5. The summed E-state index contributed by atoms with van der Waals surface area (Å²) in [4.78, 5) is 8.22. The van der Waals surface area contributed by atoms with Gasteiger partial charge in [0.25, 0.3) is 5.89 Å². The minimum Gasteiger partial charge on any atom is -0.366 e. The van der Waals surface area contributed by atoms with E-state index in [1.54, 1.807) is 42.7 Å². The molecule has 10 heteroatoms. The van der Waals surface area contributed by atoms with E-state index in [-0.39, 0.29) is 43.6 Å². The molecule has 1 aromatic carbocycles. The Balaban J connectivity index is 1.40. The van der Waals surface area contributed by atoms with Crippen LogP contribution in [0.3, 0.4) is 0 Å². The molecule has 30 heavy (non-hydrogen) atoms. The third-order valence-electron chi connectivity index (χ3n) is 4.89. The molecule has 2 aromatic heterocycles. The van der Waals surface area contributed by atoms with Crippen molar-refractivity contribution in [2.45, 2.75) is 18.9 Å². The van der Waals surface area contributed by atoms with Gasteiger partial charge in [-0.05, 0) is 35.7 Å². The minimum atomic E-state index is -3.48. The van der Waals surface area contributed by atoms with Crippen LogP contribution in [0.15, 0.2) is 53.3 Å². The van der Waals surface area contributed by atoms with Gasteiger partial charge in [-0.15, -0.1) is 0 Å². The average Bonchev–Trinajstić information content (AvgIpc) is 3.24. The first-order valence-corrected chi connectivity index (χ1v) is 11.2. The Bertz CT molecular complexity index is 1090. The highest BCUT2D eigenvalue weighted by atomic mass is 32.2. The molecule has 158 valence electrons. The van der Waals surface area contributed by atoms with Gasteiger partial charge in [-0.25, -0.2) is 12.8 Å². The summed E-state index contributed by atoms with van der Waals surface area (Å²) in [5, 5.41) is 3.88. The van der Waals surface area contributed by atoms with Crippen LogP contribution in [-0.4, -0.2) is 53.3 Å². The number of halogens is 1. The molecule has 0 radical (unpaired) electrons. The van der Waals surface area contributed by atoms with Gasteiger partial charge >= 0.3 is 0 Å². The van der Waals surface area contributed by atoms with Crippen LogP contribution in [0.25, 0.3) is 0 Å². The zero-order chi connectivity index (χ0) is 21.0. The lowest BCUT2D eigenvalue weighted by Crippen LogP contribution is -2.43. The van der Waals surface area contributed by atoms with E-state index in [2.05, 4.69) is 15.1 Å². The summed E-state index contributed by atoms with van der Waals surface area (Å²) in [5.74, 6) is 0.155. The number of hydrogen-bond donors (Lipinski definition) is 0. The van der Waals surface area contributed by atoms with E-state index >= 15 is 0 Å². The molecule has 3 aromatic rings. The molecule has 0 amide bonds. The van der Waals surface area contributed by atoms with E-state index in [1.807, 2.05) is 0 Å². The van der Waals surface area contributed by atoms with Crippen LogP contribution in [0.1, 0.15) is 28.9 Å². The number of morpholine rings is 1. The quantitative estimate of drug-likeness (QED) is 0.564. The van der Waals surface area contributed by atoms with Gasteiger partial charge in [0, 0.05) is 31.9 Å². The van der Waals surface area contributed by atoms with Crippen molar-refractivity contribution < 1.29 is 22.1 Å². The molecule has 0 spiro atoms. The van der Waals surface area contributed by atoms with Crippen molar-refractivity contribution in [3.8, 4) is 0 Å². The second kappa shape index (κ2) is 8.99. The maximum atomic E-state index is 13.8. The van der Waals surface area contributed by atoms with Gasteiger partial charge in [0.1, 0.15) is 5.82 Å². The standard InChI is InChI=1S/C20H21FN4O4S/c21-17-4-2-1-3-16(17)13-19-23-20(29-24-19)18-14-25(10-11-28-18)30(26,27)12-7-15-5-8-22-9-6-15/h1-6,8-9,18H,7,10-14H2. The molecule has 8 nitrogen and oxygen atoms in total. The zero-order valence-corrected chi connectivity index (χ0v) is 17.0. The van der Waals surface area contributed by atoms with Crippen molar-refractivity contribution in [3.63, 3.8) is 0 Å². The lowest BCUT2D eigenvalue weighted by molar-refractivity contribution is -0.0199. The second-order valence-corrected chi connectivity index (χ2v) is 9.04. The van der Waals surface area contributed by atoms with Crippen molar-refractivity contribution in [3.05, 3.63) is 77.5 Å². The molecule has 1 atom stereocenters. The summed E-state index contributed by atoms with van der Waals surface area (Å²) in [7, 11) is -3.48. The molecule has 1 saturated heterocycles. The summed E-state index contributed by atoms with van der Waals surface area (Å²) in [5.41, 5.74) is 1.36. The first-order valence-electron chi connectivity index (χ1n) is 9.55. The molecule has 1 aliphatic heterocycles. The second-order valence-electron chi connectivity index (χ2n) is 6.96. The van der Waals surface area contributed by atoms with Crippen molar-refractivity contribution in [1.82, 2.24) is 19.4 Å². The van der Waals surface area contributed by atoms with E-state index in [1.165, 1.54) is 10.4 Å². The SMILES string of the molecule is O=S(=O)(CCc1ccncc1)N1CCOC(c2nc(Cc3ccccc3F)no2)C1. The molecule has 1 fully saturated rings. The predicted molar refractivity (Wildman–Crippen MR) is 105 cm³/mol. The monoisotopic (exact) mass is 432 g/mol. The van der Waals surface area contributed by atoms with Crippen LogP contribution < -0.4 is 0 Å². The highest BCUT2D eigenvalue weighted by Crippen LogP contribution is 2.24. The lowest BCUT2D eigenvalue weighted by Gasteiger charge is -2.30. The maximum absolute atomic E-state index is 13.8. The van der Waals surface area contributed by atoms with Gasteiger partial charge in [0.15, 0.2) is 11.9 Å². The summed E-state index contributed by atoms with van der Waals surface area (Å²) in [6, 6.07) is 9.97. The van der Waals surface area contributed by atoms with Crippen LogP contribution in [0, 0.1) is 5.82 Å². The van der Waals surface area contributed by atoms with Gasteiger partial charge in [0.05, 0.1) is 12.4 Å². The van der Waals surface area contributed by atoms with E-state index in [0.717, 1.165) is 5.56 Å². The molecule has 0 bridgehead atoms. The molecule has 0 saturated carbocycles. The van der Waals surface area contributed by atoms with Crippen molar-refractivity contribution >= 4 is 10.0 Å². The Kier molecular flexibility index (Phi) is 6.16. The molecule has 4 rings (SSSR count). The summed E-state index contributed by atoms with van der Waals surface area (Å²) < 4.78 is 51.7. The molecular formula is C20H21FN4O4S. The van der Waals surface area contributed by atoms with Gasteiger partial charge < -0.3 is 9.26 Å². The highest BCUT2D eigenvalue weighted by Gasteiger charge is 2.33. The third kappa shape index (κ3) is 4.89. The van der Waals surface area contributed by atoms with Gasteiger partial charge in [-0.2, -0.15) is 9.29 Å². The van der Waals surface area contributed by atoms with Crippen LogP contribution >= 0.6 is 0 Å². The number of sulfonamides is 1. The first kappa shape index (κ1) is 20.6. The number of benzene rings is 1. The Morgan fingerprint density at radius 1 is 1.17 bits per heavy atom. The summed E-state index contributed by atoms with van der Waals surface area (Å²) in [6.45, 7) is 0.593. The summed E-state index contributed by atoms with van der Waals surface area (Å²) >= 11 is 0. The fraction of sp³-hybridized carbons (Fsp3) is 0.350. The van der Waals surface area contributed by atoms with Crippen LogP contribution in [0.2, 0.25) is 0 Å². The molecule has 1 unspecified atom stereocenters. The minimum absolute atomic E-state index is 0.00784. The van der Waals surface area contributed by atoms with E-state index in [9.17, 15) is 12.8 Å². The number of aryl methyl sites for hydroxylation is 1. The zero-order valence-electron chi connectivity index (χ0n) is 16.1. The molecule has 0 aliphatic carbocycles. The largest absolute Gasteiger partial charge is 0.366 e. The van der Waals surface area contributed by atoms with Gasteiger partial charge in [-0.1, -0.05) is 23.4 Å². The molecule has 0 N–H and O–H groups in total. The molecular weight excluding hydrogens is 411 g/mol. The van der Waals surface area contributed by atoms with Crippen LogP contribution in [0.4, 0.5) is 4.39 Å². The Morgan fingerprint density at radius 3 is 2.77 bits per heavy atom. The van der Waals surface area contributed by atoms with E-state index in [4.69, 9.17) is 9.26 Å². The topological polar surface area (TPSA) is 98.4 Å². The number of hydrogen-bond acceptors (Lipinski definition) is 7. The number of rotatable bonds is 7. The number of pyridine rings is 1. The van der Waals surface area contributed by atoms with Crippen molar-refractivity contribution in [2.75, 3.05) is 25.4 Å². The third-order valence-corrected chi connectivity index (χ3v) is 6.72. The fourth-order valence-electron chi connectivity index (χ4n) is 3.24. The van der Waals surface area contributed by atoms with Crippen molar-refractivity contribution in [2.24, 2.45) is 0 Å². The summed E-state index contributed by atoms with van der Waals surface area (Å²) in [6.07, 6.45) is 3.20. The molecule has 3 heterocycles. The fourth-order valence-corrected chi connectivity index (χ4v) is 4.70. The van der Waals surface area contributed by atoms with E-state index in [0.29, 0.717) is 17.8 Å². The van der Waals surface area contributed by atoms with Crippen molar-refractivity contribution in [1.29, 1.82) is 0 Å². The van der Waals surface area contributed by atoms with Gasteiger partial charge in [0.2, 0.25) is 10.0 Å². The average molecular weight is 432 g/mol. The number of ether oxygens (including phenoxy) is 1. The highest BCUT2D eigenvalue weighted by molar-refractivity contribution is 7.89. The molecule has 1 aliphatic rings. The van der Waals surface area contributed by atoms with Gasteiger partial charge in [-0.3, -0.25) is 4.98 Å². The normalized spacial score (nSPS) is 17.8. The lowest BCUT2D eigenvalue weighted by atomic mass is 10.1.